The minimum Gasteiger partial charge on any atom is -0.508 e. The van der Waals surface area contributed by atoms with Gasteiger partial charge in [0.15, 0.2) is 25.5 Å². The van der Waals surface area contributed by atoms with Crippen LogP contribution in [0, 0.1) is 11.8 Å². The van der Waals surface area contributed by atoms with Crippen LogP contribution in [0.3, 0.4) is 0 Å². The van der Waals surface area contributed by atoms with E-state index in [4.69, 9.17) is 13.7 Å². The molecule has 2 heterocycles. The molecule has 4 aromatic rings. The molecule has 4 atom stereocenters. The monoisotopic (exact) mass is 750 g/mol. The Morgan fingerprint density at radius 2 is 1.70 bits per heavy atom. The van der Waals surface area contributed by atoms with Gasteiger partial charge in [0.2, 0.25) is 11.7 Å². The zero-order valence-corrected chi connectivity index (χ0v) is 32.8. The zero-order valence-electron chi connectivity index (χ0n) is 31.8. The molecule has 0 bridgehead atoms. The van der Waals surface area contributed by atoms with Crippen LogP contribution < -0.4 is 9.64 Å². The smallest absolute Gasteiger partial charge is 0.265 e. The normalized spacial score (nSPS) is 22.4. The number of anilines is 2. The van der Waals surface area contributed by atoms with Crippen LogP contribution in [0.4, 0.5) is 11.4 Å². The first kappa shape index (κ1) is 37.2. The van der Waals surface area contributed by atoms with E-state index in [-0.39, 0.29) is 53.7 Å². The molecule has 2 aromatic carbocycles. The molecule has 282 valence electrons. The van der Waals surface area contributed by atoms with Crippen molar-refractivity contribution in [3.05, 3.63) is 106 Å². The number of phenols is 1. The first-order chi connectivity index (χ1) is 25.5. The molecule has 54 heavy (non-hydrogen) atoms. The van der Waals surface area contributed by atoms with E-state index >= 15 is 4.79 Å². The summed E-state index contributed by atoms with van der Waals surface area (Å²) in [6.07, 6.45) is 3.65. The van der Waals surface area contributed by atoms with Crippen LogP contribution in [0.1, 0.15) is 77.8 Å². The average Bonchev–Trinajstić information content (AvgIpc) is 3.52. The fourth-order valence-corrected chi connectivity index (χ4v) is 9.56. The molecule has 0 aliphatic heterocycles. The number of aliphatic hydroxyl groups is 1. The van der Waals surface area contributed by atoms with Gasteiger partial charge in [0.1, 0.15) is 23.7 Å². The maximum Gasteiger partial charge on any atom is 0.265 e. The molecule has 3 aliphatic rings. The highest BCUT2D eigenvalue weighted by atomic mass is 28.4. The van der Waals surface area contributed by atoms with Crippen molar-refractivity contribution in [3.63, 3.8) is 0 Å². The second kappa shape index (κ2) is 13.3. The van der Waals surface area contributed by atoms with Gasteiger partial charge in [0, 0.05) is 36.9 Å². The minimum absolute atomic E-state index is 0.0145. The van der Waals surface area contributed by atoms with Crippen LogP contribution >= 0.6 is 0 Å². The molecule has 0 spiro atoms. The number of Topliss-reactive ketones (excluding diaryl/α,β-unsaturated/α-hetero) is 2. The number of carbonyl (C=O) groups excluding carboxylic acids is 3. The molecule has 13 heteroatoms. The van der Waals surface area contributed by atoms with Gasteiger partial charge in [-0.15, -0.1) is 0 Å². The number of hydrogen-bond donors (Lipinski definition) is 2. The number of ether oxygens (including phenoxy) is 1. The van der Waals surface area contributed by atoms with Gasteiger partial charge in [-0.1, -0.05) is 51.1 Å². The number of rotatable bonds is 8. The minimum atomic E-state index is -2.90. The number of aromatic nitrogens is 2. The lowest BCUT2D eigenvalue weighted by atomic mass is 9.58. The van der Waals surface area contributed by atoms with Gasteiger partial charge in [0.25, 0.3) is 5.88 Å². The molecule has 7 rings (SSSR count). The number of ketones is 2. The Morgan fingerprint density at radius 1 is 1.02 bits per heavy atom. The number of pyridine rings is 1. The fourth-order valence-electron chi connectivity index (χ4n) is 8.10. The van der Waals surface area contributed by atoms with Crippen molar-refractivity contribution < 1.29 is 38.3 Å². The highest BCUT2D eigenvalue weighted by molar-refractivity contribution is 6.74. The third kappa shape index (κ3) is 5.85. The van der Waals surface area contributed by atoms with E-state index in [1.54, 1.807) is 30.6 Å². The molecule has 0 saturated heterocycles. The van der Waals surface area contributed by atoms with Crippen LogP contribution in [0.5, 0.6) is 11.6 Å². The number of benzene rings is 2. The van der Waals surface area contributed by atoms with E-state index in [1.807, 2.05) is 83.2 Å². The molecule has 0 fully saturated rings. The summed E-state index contributed by atoms with van der Waals surface area (Å²) < 4.78 is 19.3. The van der Waals surface area contributed by atoms with Crippen LogP contribution in [0.2, 0.25) is 18.1 Å². The van der Waals surface area contributed by atoms with E-state index in [0.29, 0.717) is 22.7 Å². The van der Waals surface area contributed by atoms with Crippen LogP contribution in [-0.4, -0.2) is 70.7 Å². The lowest BCUT2D eigenvalue weighted by Crippen LogP contribution is -2.65. The Hall–Kier alpha value is -5.11. The highest BCUT2D eigenvalue weighted by Gasteiger charge is 2.67. The fraction of sp³-hybridized carbons (Fsp3) is 0.390. The van der Waals surface area contributed by atoms with E-state index < -0.39 is 54.2 Å². The van der Waals surface area contributed by atoms with Gasteiger partial charge < -0.3 is 23.9 Å². The molecule has 3 aliphatic carbocycles. The summed E-state index contributed by atoms with van der Waals surface area (Å²) in [6, 6.07) is 15.3. The second-order valence-corrected chi connectivity index (χ2v) is 21.0. The van der Waals surface area contributed by atoms with Crippen LogP contribution in [0.15, 0.2) is 82.8 Å². The van der Waals surface area contributed by atoms with E-state index in [0.717, 1.165) is 5.56 Å². The van der Waals surface area contributed by atoms with Crippen LogP contribution in [-0.2, 0) is 22.2 Å². The Labute approximate surface area is 315 Å². The number of aliphatic hydroxyl groups excluding tert-OH is 1. The molecule has 0 radical (unpaired) electrons. The van der Waals surface area contributed by atoms with Crippen molar-refractivity contribution in [2.24, 2.45) is 11.8 Å². The van der Waals surface area contributed by atoms with Gasteiger partial charge in [-0.05, 0) is 85.5 Å². The maximum absolute atomic E-state index is 15.4. The standard InChI is InChI=1S/C41H46N4O8Si/c1-23(46)45(27-14-16-42-17-15-27)28-19-25-18-26-20-29-34(44(5)6)36-33(39(43-52-36)51-22-24-12-10-9-11-13-24)38(50)41(29,53-54(7,8)40(2,3)4)37(49)32(26)35(48)31(25)30(47)21-28/h9-17,19,21,26,29,34,47,49H,18,20,22H2,1-8H3/t26-,29-,34-,41-/m0/s1. The molecule has 2 aromatic heterocycles. The van der Waals surface area contributed by atoms with Crippen LogP contribution in [0.25, 0.3) is 0 Å². The summed E-state index contributed by atoms with van der Waals surface area (Å²) in [7, 11) is 0.834. The highest BCUT2D eigenvalue weighted by Crippen LogP contribution is 2.60. The van der Waals surface area contributed by atoms with Crippen molar-refractivity contribution in [1.82, 2.24) is 15.0 Å². The lowest BCUT2D eigenvalue weighted by molar-refractivity contribution is -0.115. The zero-order chi connectivity index (χ0) is 38.9. The Kier molecular flexibility index (Phi) is 9.18. The predicted octanol–water partition coefficient (Wildman–Crippen LogP) is 7.49. The molecule has 1 amide bonds. The maximum atomic E-state index is 15.4. The summed E-state index contributed by atoms with van der Waals surface area (Å²) in [5, 5.41) is 28.1. The number of nitrogens with zero attached hydrogens (tertiary/aromatic N) is 4. The largest absolute Gasteiger partial charge is 0.508 e. The van der Waals surface area contributed by atoms with Gasteiger partial charge >= 0.3 is 0 Å². The van der Waals surface area contributed by atoms with Crippen molar-refractivity contribution >= 4 is 37.2 Å². The number of phenolic OH excluding ortho intramolecular Hbond substituents is 1. The number of allylic oxidation sites excluding steroid dienone is 1. The number of carbonyl (C=O) groups is 3. The van der Waals surface area contributed by atoms with Crippen molar-refractivity contribution in [1.29, 1.82) is 0 Å². The number of aromatic hydroxyl groups is 1. The van der Waals surface area contributed by atoms with E-state index in [1.165, 1.54) is 17.9 Å². The molecular formula is C41H46N4O8Si. The van der Waals surface area contributed by atoms with Gasteiger partial charge in [-0.2, -0.15) is 0 Å². The number of hydrogen-bond acceptors (Lipinski definition) is 11. The van der Waals surface area contributed by atoms with Gasteiger partial charge in [0.05, 0.1) is 23.0 Å². The predicted molar refractivity (Wildman–Crippen MR) is 203 cm³/mol. The second-order valence-electron chi connectivity index (χ2n) is 16.2. The van der Waals surface area contributed by atoms with Crippen molar-refractivity contribution in [3.8, 4) is 11.6 Å². The Bertz CT molecular complexity index is 2180. The molecule has 0 unspecified atom stereocenters. The Balaban J connectivity index is 1.40. The summed E-state index contributed by atoms with van der Waals surface area (Å²) >= 11 is 0. The average molecular weight is 751 g/mol. The number of amides is 1. The summed E-state index contributed by atoms with van der Waals surface area (Å²) in [6.45, 7) is 11.7. The van der Waals surface area contributed by atoms with Gasteiger partial charge in [-0.3, -0.25) is 29.2 Å². The van der Waals surface area contributed by atoms with Crippen molar-refractivity contribution in [2.45, 2.75) is 76.9 Å². The summed E-state index contributed by atoms with van der Waals surface area (Å²) in [5.74, 6) is -3.23. The third-order valence-corrected chi connectivity index (χ3v) is 16.0. The van der Waals surface area contributed by atoms with Gasteiger partial charge in [-0.25, -0.2) is 0 Å². The van der Waals surface area contributed by atoms with Crippen molar-refractivity contribution in [2.75, 3.05) is 19.0 Å². The Morgan fingerprint density at radius 3 is 2.33 bits per heavy atom. The van der Waals surface area contributed by atoms with E-state index in [9.17, 15) is 19.8 Å². The summed E-state index contributed by atoms with van der Waals surface area (Å²) in [5.41, 5.74) is 0.455. The topological polar surface area (TPSA) is 156 Å². The summed E-state index contributed by atoms with van der Waals surface area (Å²) in [4.78, 5) is 50.4. The molecule has 0 saturated carbocycles. The first-order valence-corrected chi connectivity index (χ1v) is 21.0. The molecular weight excluding hydrogens is 705 g/mol. The first-order valence-electron chi connectivity index (χ1n) is 18.1. The van der Waals surface area contributed by atoms with E-state index in [2.05, 4.69) is 10.1 Å². The molecule has 12 nitrogen and oxygen atoms in total. The quantitative estimate of drug-likeness (QED) is 0.172. The SMILES string of the molecule is CC(=O)N(c1ccncc1)c1cc(O)c2c(c1)C[C@H]1C[C@H]3[C@H](N(C)C)c4onc(OCc5ccccc5)c4C(=O)[C@@]3(O[Si](C)(C)C(C)(C)C)C(O)=C1C2=O. The lowest BCUT2D eigenvalue weighted by Gasteiger charge is -2.55. The molecule has 2 N–H and O–H groups in total. The third-order valence-electron chi connectivity index (χ3n) is 11.6. The number of fused-ring (bicyclic) bond motifs is 4.